The zero-order valence-electron chi connectivity index (χ0n) is 30.5. The molecule has 0 saturated carbocycles. The van der Waals surface area contributed by atoms with Crippen LogP contribution in [0.2, 0.25) is 0 Å². The molecule has 0 bridgehead atoms. The van der Waals surface area contributed by atoms with Crippen molar-refractivity contribution in [3.63, 3.8) is 0 Å². The van der Waals surface area contributed by atoms with Gasteiger partial charge in [-0.15, -0.1) is 11.3 Å². The number of hydrogen-bond acceptors (Lipinski definition) is 2. The molecule has 0 saturated heterocycles. The Balaban J connectivity index is 1.13. The van der Waals surface area contributed by atoms with Gasteiger partial charge in [0.15, 0.2) is 5.78 Å². The molecular formula is C52H35NOS. The van der Waals surface area contributed by atoms with E-state index in [2.05, 4.69) is 182 Å². The minimum absolute atomic E-state index is 0.0711. The number of benzene rings is 8. The zero-order valence-corrected chi connectivity index (χ0v) is 31.3. The van der Waals surface area contributed by atoms with Gasteiger partial charge in [-0.2, -0.15) is 0 Å². The van der Waals surface area contributed by atoms with Crippen molar-refractivity contribution in [2.45, 2.75) is 19.3 Å². The number of thiophene rings is 1. The van der Waals surface area contributed by atoms with Gasteiger partial charge in [0.1, 0.15) is 0 Å². The van der Waals surface area contributed by atoms with Crippen molar-refractivity contribution >= 4 is 59.1 Å². The SMILES string of the molecule is Cc1ccc2c(c1)c1cc(C)ccc1n2-c1cccc2c1sc1ccc(-c3ccc4c(c3)C(c3ccccc3)(c3ccccc3)c3ccccc3C4=O)cc12. The van der Waals surface area contributed by atoms with Crippen molar-refractivity contribution in [3.05, 3.63) is 220 Å². The average Bonchev–Trinajstić information content (AvgIpc) is 3.76. The van der Waals surface area contributed by atoms with Crippen LogP contribution in [0.1, 0.15) is 49.3 Å². The fourth-order valence-corrected chi connectivity index (χ4v) is 10.5. The number of nitrogens with zero attached hydrogens (tertiary/aromatic N) is 1. The van der Waals surface area contributed by atoms with E-state index in [0.29, 0.717) is 0 Å². The molecule has 8 aromatic carbocycles. The molecule has 2 aromatic heterocycles. The Morgan fingerprint density at radius 2 is 1.07 bits per heavy atom. The van der Waals surface area contributed by atoms with Crippen LogP contribution in [-0.2, 0) is 5.41 Å². The molecule has 1 aliphatic rings. The lowest BCUT2D eigenvalue weighted by atomic mass is 9.59. The molecule has 2 nitrogen and oxygen atoms in total. The Kier molecular flexibility index (Phi) is 6.95. The number of carbonyl (C=O) groups is 1. The highest BCUT2D eigenvalue weighted by molar-refractivity contribution is 7.26. The highest BCUT2D eigenvalue weighted by atomic mass is 32.1. The Hall–Kier alpha value is -6.55. The molecule has 0 atom stereocenters. The molecule has 260 valence electrons. The molecule has 0 N–H and O–H groups in total. The van der Waals surface area contributed by atoms with E-state index in [9.17, 15) is 4.79 Å². The second kappa shape index (κ2) is 12.0. The summed E-state index contributed by atoms with van der Waals surface area (Å²) in [5, 5.41) is 5.06. The van der Waals surface area contributed by atoms with E-state index in [0.717, 1.165) is 44.5 Å². The van der Waals surface area contributed by atoms with Gasteiger partial charge in [-0.3, -0.25) is 4.79 Å². The third-order valence-electron chi connectivity index (χ3n) is 11.8. The maximum absolute atomic E-state index is 14.3. The van der Waals surface area contributed by atoms with Crippen molar-refractivity contribution in [1.29, 1.82) is 0 Å². The van der Waals surface area contributed by atoms with Gasteiger partial charge in [-0.1, -0.05) is 139 Å². The summed E-state index contributed by atoms with van der Waals surface area (Å²) in [4.78, 5) is 14.3. The number of ketones is 1. The zero-order chi connectivity index (χ0) is 36.8. The van der Waals surface area contributed by atoms with Crippen LogP contribution in [0.3, 0.4) is 0 Å². The van der Waals surface area contributed by atoms with Crippen LogP contribution in [-0.4, -0.2) is 10.4 Å². The van der Waals surface area contributed by atoms with E-state index in [1.54, 1.807) is 0 Å². The van der Waals surface area contributed by atoms with Crippen molar-refractivity contribution < 1.29 is 4.79 Å². The van der Waals surface area contributed by atoms with E-state index >= 15 is 0 Å². The highest BCUT2D eigenvalue weighted by Gasteiger charge is 2.46. The van der Waals surface area contributed by atoms with Gasteiger partial charge in [0.05, 0.1) is 26.8 Å². The third-order valence-corrected chi connectivity index (χ3v) is 13.0. The number of aromatic nitrogens is 1. The first kappa shape index (κ1) is 31.9. The fourth-order valence-electron chi connectivity index (χ4n) is 9.35. The minimum Gasteiger partial charge on any atom is -0.308 e. The number of hydrogen-bond donors (Lipinski definition) is 0. The standard InChI is InChI=1S/C52H35NOS/c1-32-20-25-46-41(28-32)42-29-33(2)21-26-47(42)53(46)48-19-11-17-38-43-30-34(23-27-49(43)55-51(38)48)35-22-24-40-45(31-35)52(36-12-5-3-6-13-36,37-14-7-4-8-15-37)44-18-10-9-16-39(44)50(40)54/h3-31H,1-2H3. The average molecular weight is 722 g/mol. The fraction of sp³-hybridized carbons (Fsp3) is 0.0577. The molecule has 0 radical (unpaired) electrons. The Morgan fingerprint density at radius 3 is 1.76 bits per heavy atom. The van der Waals surface area contributed by atoms with Crippen LogP contribution < -0.4 is 0 Å². The quantitative estimate of drug-likeness (QED) is 0.177. The van der Waals surface area contributed by atoms with Crippen molar-refractivity contribution in [1.82, 2.24) is 4.57 Å². The lowest BCUT2D eigenvalue weighted by molar-refractivity contribution is 0.103. The summed E-state index contributed by atoms with van der Waals surface area (Å²) >= 11 is 1.86. The number of aryl methyl sites for hydroxylation is 2. The lowest BCUT2D eigenvalue weighted by Crippen LogP contribution is -2.38. The smallest absolute Gasteiger partial charge is 0.193 e. The topological polar surface area (TPSA) is 22.0 Å². The van der Waals surface area contributed by atoms with Gasteiger partial charge in [-0.05, 0) is 95.8 Å². The molecule has 0 unspecified atom stereocenters. The summed E-state index contributed by atoms with van der Waals surface area (Å²) in [6.45, 7) is 4.34. The second-order valence-electron chi connectivity index (χ2n) is 15.0. The number of fused-ring (bicyclic) bond motifs is 8. The molecule has 1 aliphatic carbocycles. The maximum atomic E-state index is 14.3. The van der Waals surface area contributed by atoms with Gasteiger partial charge in [0, 0.05) is 37.4 Å². The Bertz CT molecular complexity index is 3090. The van der Waals surface area contributed by atoms with Crippen molar-refractivity contribution in [2.75, 3.05) is 0 Å². The van der Waals surface area contributed by atoms with Crippen LogP contribution in [0.4, 0.5) is 0 Å². The summed E-state index contributed by atoms with van der Waals surface area (Å²) in [5.41, 5.74) is 13.5. The van der Waals surface area contributed by atoms with E-state index in [1.807, 2.05) is 23.5 Å². The molecular weight excluding hydrogens is 687 g/mol. The molecule has 2 heterocycles. The largest absolute Gasteiger partial charge is 0.308 e. The van der Waals surface area contributed by atoms with E-state index < -0.39 is 5.41 Å². The highest BCUT2D eigenvalue weighted by Crippen LogP contribution is 2.52. The van der Waals surface area contributed by atoms with Crippen LogP contribution >= 0.6 is 11.3 Å². The summed E-state index contributed by atoms with van der Waals surface area (Å²) in [6.07, 6.45) is 0. The third kappa shape index (κ3) is 4.57. The molecule has 55 heavy (non-hydrogen) atoms. The van der Waals surface area contributed by atoms with Crippen LogP contribution in [0, 0.1) is 13.8 Å². The molecule has 0 fully saturated rings. The second-order valence-corrected chi connectivity index (χ2v) is 16.0. The molecule has 0 aliphatic heterocycles. The van der Waals surface area contributed by atoms with Gasteiger partial charge in [0.2, 0.25) is 0 Å². The Morgan fingerprint density at radius 1 is 0.473 bits per heavy atom. The van der Waals surface area contributed by atoms with Gasteiger partial charge in [-0.25, -0.2) is 0 Å². The molecule has 10 aromatic rings. The summed E-state index contributed by atoms with van der Waals surface area (Å²) in [6, 6.07) is 63.2. The first-order valence-electron chi connectivity index (χ1n) is 18.9. The van der Waals surface area contributed by atoms with Gasteiger partial charge in [0.25, 0.3) is 0 Å². The lowest BCUT2D eigenvalue weighted by Gasteiger charge is -2.42. The number of carbonyl (C=O) groups excluding carboxylic acids is 1. The predicted octanol–water partition coefficient (Wildman–Crippen LogP) is 13.4. The number of rotatable bonds is 4. The van der Waals surface area contributed by atoms with Crippen LogP contribution in [0.5, 0.6) is 0 Å². The maximum Gasteiger partial charge on any atom is 0.193 e. The van der Waals surface area contributed by atoms with Crippen molar-refractivity contribution in [2.24, 2.45) is 0 Å². The molecule has 0 amide bonds. The Labute approximate surface area is 323 Å². The molecule has 0 spiro atoms. The summed E-state index contributed by atoms with van der Waals surface area (Å²) < 4.78 is 4.98. The normalized spacial score (nSPS) is 13.5. The van der Waals surface area contributed by atoms with E-state index in [-0.39, 0.29) is 5.78 Å². The summed E-state index contributed by atoms with van der Waals surface area (Å²) in [5.74, 6) is 0.0711. The monoisotopic (exact) mass is 721 g/mol. The van der Waals surface area contributed by atoms with Crippen LogP contribution in [0.25, 0.3) is 58.8 Å². The van der Waals surface area contributed by atoms with Gasteiger partial charge < -0.3 is 4.57 Å². The first-order chi connectivity index (χ1) is 27.0. The summed E-state index contributed by atoms with van der Waals surface area (Å²) in [7, 11) is 0. The first-order valence-corrected chi connectivity index (χ1v) is 19.7. The van der Waals surface area contributed by atoms with Gasteiger partial charge >= 0.3 is 0 Å². The van der Waals surface area contributed by atoms with E-state index in [4.69, 9.17) is 0 Å². The van der Waals surface area contributed by atoms with E-state index in [1.165, 1.54) is 58.8 Å². The van der Waals surface area contributed by atoms with Crippen molar-refractivity contribution in [3.8, 4) is 16.8 Å². The minimum atomic E-state index is -0.675. The van der Waals surface area contributed by atoms with Crippen LogP contribution in [0.15, 0.2) is 176 Å². The molecule has 3 heteroatoms. The molecule has 11 rings (SSSR count). The predicted molar refractivity (Wildman–Crippen MR) is 230 cm³/mol.